The molecule has 0 aromatic heterocycles. The Bertz CT molecular complexity index is 499. The molecule has 1 heterocycles. The van der Waals surface area contributed by atoms with E-state index in [9.17, 15) is 14.7 Å². The van der Waals surface area contributed by atoms with Crippen molar-refractivity contribution in [3.8, 4) is 5.75 Å². The zero-order valence-electron chi connectivity index (χ0n) is 10.2. The quantitative estimate of drug-likeness (QED) is 0.811. The average molecular weight is 248 g/mol. The van der Waals surface area contributed by atoms with Crippen LogP contribution in [-0.4, -0.2) is 34.4 Å². The summed E-state index contributed by atoms with van der Waals surface area (Å²) in [5, 5.41) is 9.43. The largest absolute Gasteiger partial charge is 0.508 e. The molecule has 1 unspecified atom stereocenters. The number of aryl methyl sites for hydroxylation is 1. The lowest BCUT2D eigenvalue weighted by Gasteiger charge is -2.22. The minimum atomic E-state index is -0.508. The Kier molecular flexibility index (Phi) is 3.23. The van der Waals surface area contributed by atoms with Crippen molar-refractivity contribution in [1.82, 2.24) is 4.90 Å². The Balaban J connectivity index is 2.25. The Morgan fingerprint density at radius 1 is 1.44 bits per heavy atom. The molecule has 0 aliphatic carbocycles. The molecular formula is C13H16N2O3. The van der Waals surface area contributed by atoms with Crippen LogP contribution in [0.2, 0.25) is 0 Å². The highest BCUT2D eigenvalue weighted by molar-refractivity contribution is 5.98. The summed E-state index contributed by atoms with van der Waals surface area (Å²) in [7, 11) is 0. The lowest BCUT2D eigenvalue weighted by atomic mass is 10.1. The predicted molar refractivity (Wildman–Crippen MR) is 66.1 cm³/mol. The molecule has 1 atom stereocenters. The molecular weight excluding hydrogens is 232 g/mol. The number of phenolic OH excluding ortho intramolecular Hbond substituents is 1. The van der Waals surface area contributed by atoms with E-state index >= 15 is 0 Å². The van der Waals surface area contributed by atoms with E-state index in [1.165, 1.54) is 11.0 Å². The number of primary amides is 1. The second-order valence-corrected chi connectivity index (χ2v) is 4.56. The monoisotopic (exact) mass is 248 g/mol. The van der Waals surface area contributed by atoms with E-state index < -0.39 is 11.9 Å². The smallest absolute Gasteiger partial charge is 0.254 e. The van der Waals surface area contributed by atoms with Crippen LogP contribution in [0.4, 0.5) is 0 Å². The van der Waals surface area contributed by atoms with Crippen LogP contribution < -0.4 is 5.73 Å². The highest BCUT2D eigenvalue weighted by Gasteiger charge is 2.33. The third-order valence-electron chi connectivity index (χ3n) is 3.29. The maximum absolute atomic E-state index is 12.3. The zero-order valence-corrected chi connectivity index (χ0v) is 10.2. The summed E-state index contributed by atoms with van der Waals surface area (Å²) in [4.78, 5) is 25.0. The number of carbonyl (C=O) groups is 2. The van der Waals surface area contributed by atoms with Gasteiger partial charge in [-0.3, -0.25) is 9.59 Å². The second kappa shape index (κ2) is 4.68. The number of hydrogen-bond acceptors (Lipinski definition) is 3. The first-order valence-electron chi connectivity index (χ1n) is 5.90. The van der Waals surface area contributed by atoms with E-state index in [-0.39, 0.29) is 11.7 Å². The summed E-state index contributed by atoms with van der Waals surface area (Å²) in [5.74, 6) is -0.518. The van der Waals surface area contributed by atoms with Gasteiger partial charge in [0.1, 0.15) is 11.8 Å². The maximum atomic E-state index is 12.3. The number of phenols is 1. The molecule has 5 heteroatoms. The van der Waals surface area contributed by atoms with Gasteiger partial charge in [0.15, 0.2) is 0 Å². The number of hydrogen-bond donors (Lipinski definition) is 2. The normalized spacial score (nSPS) is 18.9. The fraction of sp³-hybridized carbons (Fsp3) is 0.385. The van der Waals surface area contributed by atoms with Crippen molar-refractivity contribution in [3.05, 3.63) is 29.3 Å². The van der Waals surface area contributed by atoms with Crippen molar-refractivity contribution < 1.29 is 14.7 Å². The van der Waals surface area contributed by atoms with Gasteiger partial charge in [-0.15, -0.1) is 0 Å². The van der Waals surface area contributed by atoms with Crippen LogP contribution in [0.25, 0.3) is 0 Å². The summed E-state index contributed by atoms with van der Waals surface area (Å²) >= 11 is 0. The third-order valence-corrected chi connectivity index (χ3v) is 3.29. The first kappa shape index (κ1) is 12.4. The van der Waals surface area contributed by atoms with Crippen LogP contribution in [0.15, 0.2) is 18.2 Å². The van der Waals surface area contributed by atoms with Crippen molar-refractivity contribution in [2.45, 2.75) is 25.8 Å². The first-order chi connectivity index (χ1) is 8.50. The van der Waals surface area contributed by atoms with Crippen molar-refractivity contribution in [2.75, 3.05) is 6.54 Å². The van der Waals surface area contributed by atoms with Crippen LogP contribution in [0.5, 0.6) is 5.75 Å². The van der Waals surface area contributed by atoms with E-state index in [1.54, 1.807) is 19.1 Å². The minimum absolute atomic E-state index is 0.152. The Labute approximate surface area is 105 Å². The highest BCUT2D eigenvalue weighted by Crippen LogP contribution is 2.22. The van der Waals surface area contributed by atoms with Crippen LogP contribution in [0.1, 0.15) is 28.8 Å². The second-order valence-electron chi connectivity index (χ2n) is 4.56. The molecule has 18 heavy (non-hydrogen) atoms. The van der Waals surface area contributed by atoms with Crippen molar-refractivity contribution in [1.29, 1.82) is 0 Å². The number of nitrogens with two attached hydrogens (primary N) is 1. The van der Waals surface area contributed by atoms with Gasteiger partial charge in [-0.1, -0.05) is 0 Å². The Morgan fingerprint density at radius 3 is 2.78 bits per heavy atom. The van der Waals surface area contributed by atoms with Crippen molar-refractivity contribution >= 4 is 11.8 Å². The molecule has 1 fully saturated rings. The van der Waals surface area contributed by atoms with Gasteiger partial charge in [0, 0.05) is 12.1 Å². The fourth-order valence-electron chi connectivity index (χ4n) is 2.26. The average Bonchev–Trinajstić information content (AvgIpc) is 2.81. The van der Waals surface area contributed by atoms with Gasteiger partial charge < -0.3 is 15.7 Å². The van der Waals surface area contributed by atoms with Crippen LogP contribution >= 0.6 is 0 Å². The summed E-state index contributed by atoms with van der Waals surface area (Å²) < 4.78 is 0. The van der Waals surface area contributed by atoms with Crippen molar-refractivity contribution in [2.24, 2.45) is 5.73 Å². The number of nitrogens with zero attached hydrogens (tertiary/aromatic N) is 1. The number of rotatable bonds is 2. The third kappa shape index (κ3) is 2.16. The van der Waals surface area contributed by atoms with Crippen LogP contribution in [0.3, 0.4) is 0 Å². The molecule has 3 N–H and O–H groups in total. The molecule has 96 valence electrons. The Hall–Kier alpha value is -2.04. The zero-order chi connectivity index (χ0) is 13.3. The first-order valence-corrected chi connectivity index (χ1v) is 5.90. The molecule has 0 spiro atoms. The van der Waals surface area contributed by atoms with Gasteiger partial charge in [0.25, 0.3) is 5.91 Å². The fourth-order valence-corrected chi connectivity index (χ4v) is 2.26. The summed E-state index contributed by atoms with van der Waals surface area (Å²) in [6.45, 7) is 2.27. The molecule has 0 radical (unpaired) electrons. The SMILES string of the molecule is Cc1cc(C(=O)N2CCCC2C(N)=O)ccc1O. The van der Waals surface area contributed by atoms with Gasteiger partial charge in [-0.2, -0.15) is 0 Å². The molecule has 2 amide bonds. The topological polar surface area (TPSA) is 83.6 Å². The number of benzene rings is 1. The van der Waals surface area contributed by atoms with E-state index in [1.807, 2.05) is 0 Å². The molecule has 1 saturated heterocycles. The van der Waals surface area contributed by atoms with Crippen LogP contribution in [0, 0.1) is 6.92 Å². The standard InChI is InChI=1S/C13H16N2O3/c1-8-7-9(4-5-11(8)16)13(18)15-6-2-3-10(15)12(14)17/h4-5,7,10,16H,2-3,6H2,1H3,(H2,14,17). The van der Waals surface area contributed by atoms with E-state index in [2.05, 4.69) is 0 Å². The number of aromatic hydroxyl groups is 1. The van der Waals surface area contributed by atoms with E-state index in [0.717, 1.165) is 6.42 Å². The molecule has 5 nitrogen and oxygen atoms in total. The Morgan fingerprint density at radius 2 is 2.17 bits per heavy atom. The van der Waals surface area contributed by atoms with Gasteiger partial charge >= 0.3 is 0 Å². The molecule has 1 aliphatic heterocycles. The molecule has 1 aromatic carbocycles. The number of likely N-dealkylation sites (tertiary alicyclic amines) is 1. The van der Waals surface area contributed by atoms with Crippen LogP contribution in [-0.2, 0) is 4.79 Å². The van der Waals surface area contributed by atoms with Gasteiger partial charge in [-0.05, 0) is 43.5 Å². The summed E-state index contributed by atoms with van der Waals surface area (Å²) in [5.41, 5.74) is 6.39. The van der Waals surface area contributed by atoms with Gasteiger partial charge in [-0.25, -0.2) is 0 Å². The highest BCUT2D eigenvalue weighted by atomic mass is 16.3. The summed E-state index contributed by atoms with van der Waals surface area (Å²) in [6, 6.07) is 4.15. The molecule has 0 saturated carbocycles. The molecule has 0 bridgehead atoms. The van der Waals surface area contributed by atoms with E-state index in [4.69, 9.17) is 5.73 Å². The number of amides is 2. The molecule has 1 aromatic rings. The number of carbonyl (C=O) groups excluding carboxylic acids is 2. The predicted octanol–water partition coefficient (Wildman–Crippen LogP) is 0.791. The lowest BCUT2D eigenvalue weighted by molar-refractivity contribution is -0.121. The van der Waals surface area contributed by atoms with E-state index in [0.29, 0.717) is 24.1 Å². The maximum Gasteiger partial charge on any atom is 0.254 e. The minimum Gasteiger partial charge on any atom is -0.508 e. The lowest BCUT2D eigenvalue weighted by Crippen LogP contribution is -2.43. The van der Waals surface area contributed by atoms with Crippen molar-refractivity contribution in [3.63, 3.8) is 0 Å². The van der Waals surface area contributed by atoms with Gasteiger partial charge in [0.05, 0.1) is 0 Å². The van der Waals surface area contributed by atoms with Gasteiger partial charge in [0.2, 0.25) is 5.91 Å². The molecule has 2 rings (SSSR count). The summed E-state index contributed by atoms with van der Waals surface area (Å²) in [6.07, 6.45) is 1.41. The molecule has 1 aliphatic rings.